The van der Waals surface area contributed by atoms with Gasteiger partial charge >= 0.3 is 0 Å². The molecule has 0 fully saturated rings. The fourth-order valence-corrected chi connectivity index (χ4v) is 4.83. The van der Waals surface area contributed by atoms with Gasteiger partial charge in [-0.1, -0.05) is 65.7 Å². The molecule has 0 radical (unpaired) electrons. The van der Waals surface area contributed by atoms with E-state index in [4.69, 9.17) is 11.6 Å². The lowest BCUT2D eigenvalue weighted by atomic mass is 10.1. The van der Waals surface area contributed by atoms with Crippen LogP contribution in [0.15, 0.2) is 77.7 Å². The minimum absolute atomic E-state index is 0.114. The molecule has 0 saturated carbocycles. The van der Waals surface area contributed by atoms with Gasteiger partial charge < -0.3 is 4.90 Å². The molecule has 3 rings (SSSR count). The number of carbonyl (C=O) groups is 1. The Bertz CT molecular complexity index is 1160. The van der Waals surface area contributed by atoms with Gasteiger partial charge in [0.15, 0.2) is 0 Å². The fraction of sp³-hybridized carbons (Fsp3) is 0.208. The van der Waals surface area contributed by atoms with Gasteiger partial charge in [0, 0.05) is 18.6 Å². The first kappa shape index (κ1) is 22.8. The fourth-order valence-electron chi connectivity index (χ4n) is 3.17. The highest BCUT2D eigenvalue weighted by Crippen LogP contribution is 2.29. The molecule has 0 spiro atoms. The van der Waals surface area contributed by atoms with Crippen LogP contribution in [0.1, 0.15) is 16.7 Å². The Hall–Kier alpha value is -2.83. The summed E-state index contributed by atoms with van der Waals surface area (Å²) >= 11 is 6.16. The van der Waals surface area contributed by atoms with E-state index in [1.54, 1.807) is 50.4 Å². The van der Waals surface area contributed by atoms with Crippen LogP contribution < -0.4 is 4.31 Å². The van der Waals surface area contributed by atoms with E-state index < -0.39 is 10.0 Å². The molecule has 0 saturated heterocycles. The number of halogens is 1. The molecule has 0 atom stereocenters. The number of rotatable bonds is 7. The third-order valence-electron chi connectivity index (χ3n) is 5.02. The van der Waals surface area contributed by atoms with Gasteiger partial charge in [0.05, 0.1) is 10.6 Å². The van der Waals surface area contributed by atoms with E-state index in [2.05, 4.69) is 0 Å². The van der Waals surface area contributed by atoms with Crippen LogP contribution in [0, 0.1) is 13.8 Å². The second kappa shape index (κ2) is 9.54. The normalized spacial score (nSPS) is 11.2. The number of amides is 1. The Balaban J connectivity index is 1.94. The van der Waals surface area contributed by atoms with Gasteiger partial charge in [-0.3, -0.25) is 9.10 Å². The van der Waals surface area contributed by atoms with Crippen molar-refractivity contribution in [2.24, 2.45) is 0 Å². The molecule has 0 aliphatic rings. The molecule has 31 heavy (non-hydrogen) atoms. The van der Waals surface area contributed by atoms with Gasteiger partial charge in [-0.25, -0.2) is 8.42 Å². The second-order valence-corrected chi connectivity index (χ2v) is 9.79. The van der Waals surface area contributed by atoms with E-state index >= 15 is 0 Å². The van der Waals surface area contributed by atoms with Crippen LogP contribution in [0.3, 0.4) is 0 Å². The van der Waals surface area contributed by atoms with Gasteiger partial charge in [0.25, 0.3) is 10.0 Å². The highest BCUT2D eigenvalue weighted by Gasteiger charge is 2.29. The number of nitrogens with zero attached hydrogens (tertiary/aromatic N) is 2. The third-order valence-corrected chi connectivity index (χ3v) is 7.03. The Labute approximate surface area is 188 Å². The Morgan fingerprint density at radius 1 is 0.935 bits per heavy atom. The number of aryl methyl sites for hydroxylation is 2. The van der Waals surface area contributed by atoms with Crippen molar-refractivity contribution in [2.45, 2.75) is 25.3 Å². The second-order valence-electron chi connectivity index (χ2n) is 7.49. The topological polar surface area (TPSA) is 57.7 Å². The summed E-state index contributed by atoms with van der Waals surface area (Å²) in [7, 11) is -2.31. The van der Waals surface area contributed by atoms with E-state index in [1.165, 1.54) is 17.0 Å². The molecule has 0 aromatic heterocycles. The molecule has 0 N–H and O–H groups in total. The number of sulfonamides is 1. The first-order valence-corrected chi connectivity index (χ1v) is 11.6. The zero-order chi connectivity index (χ0) is 22.6. The van der Waals surface area contributed by atoms with Crippen LogP contribution in [0.2, 0.25) is 5.02 Å². The van der Waals surface area contributed by atoms with Crippen LogP contribution >= 0.6 is 11.6 Å². The van der Waals surface area contributed by atoms with Crippen molar-refractivity contribution < 1.29 is 13.2 Å². The summed E-state index contributed by atoms with van der Waals surface area (Å²) in [5, 5.41) is 0.398. The number of hydrogen-bond donors (Lipinski definition) is 0. The number of carbonyl (C=O) groups excluding carboxylic acids is 1. The van der Waals surface area contributed by atoms with Crippen LogP contribution in [0.5, 0.6) is 0 Å². The molecule has 0 unspecified atom stereocenters. The Morgan fingerprint density at radius 2 is 1.58 bits per heavy atom. The van der Waals surface area contributed by atoms with E-state index in [0.717, 1.165) is 15.4 Å². The maximum absolute atomic E-state index is 13.5. The summed E-state index contributed by atoms with van der Waals surface area (Å²) in [6, 6.07) is 21.0. The van der Waals surface area contributed by atoms with Crippen molar-refractivity contribution >= 4 is 33.2 Å². The van der Waals surface area contributed by atoms with Crippen LogP contribution in [-0.2, 0) is 21.4 Å². The SMILES string of the molecule is Cc1ccc(CN(C)C(=O)CN(c2cc(Cl)ccc2C)S(=O)(=O)c2ccccc2)cc1. The van der Waals surface area contributed by atoms with Crippen molar-refractivity contribution in [1.82, 2.24) is 4.90 Å². The molecule has 1 amide bonds. The average Bonchev–Trinajstić information content (AvgIpc) is 2.75. The number of hydrogen-bond acceptors (Lipinski definition) is 3. The lowest BCUT2D eigenvalue weighted by molar-refractivity contribution is -0.128. The molecule has 0 bridgehead atoms. The summed E-state index contributed by atoms with van der Waals surface area (Å²) < 4.78 is 28.1. The maximum atomic E-state index is 13.5. The third kappa shape index (κ3) is 5.46. The lowest BCUT2D eigenvalue weighted by Gasteiger charge is -2.28. The molecule has 0 aliphatic carbocycles. The van der Waals surface area contributed by atoms with Gasteiger partial charge in [0.1, 0.15) is 6.54 Å². The number of benzene rings is 3. The van der Waals surface area contributed by atoms with Crippen molar-refractivity contribution in [1.29, 1.82) is 0 Å². The van der Waals surface area contributed by atoms with Crippen molar-refractivity contribution in [3.8, 4) is 0 Å². The molecule has 5 nitrogen and oxygen atoms in total. The molecule has 3 aromatic rings. The zero-order valence-corrected chi connectivity index (χ0v) is 19.3. The van der Waals surface area contributed by atoms with Crippen molar-refractivity contribution in [3.63, 3.8) is 0 Å². The van der Waals surface area contributed by atoms with E-state index in [-0.39, 0.29) is 17.3 Å². The standard InChI is InChI=1S/C24H25ClN2O3S/c1-18-9-12-20(13-10-18)16-26(3)24(28)17-27(23-15-21(25)14-11-19(23)2)31(29,30)22-7-5-4-6-8-22/h4-15H,16-17H2,1-3H3. The van der Waals surface area contributed by atoms with Gasteiger partial charge in [0.2, 0.25) is 5.91 Å². The molecule has 3 aromatic carbocycles. The lowest BCUT2D eigenvalue weighted by Crippen LogP contribution is -2.41. The van der Waals surface area contributed by atoms with Crippen LogP contribution in [0.25, 0.3) is 0 Å². The largest absolute Gasteiger partial charge is 0.340 e. The van der Waals surface area contributed by atoms with E-state index in [1.807, 2.05) is 31.2 Å². The van der Waals surface area contributed by atoms with Crippen molar-refractivity contribution in [2.75, 3.05) is 17.9 Å². The summed E-state index contributed by atoms with van der Waals surface area (Å²) in [4.78, 5) is 14.7. The van der Waals surface area contributed by atoms with Gasteiger partial charge in [-0.2, -0.15) is 0 Å². The average molecular weight is 457 g/mol. The number of anilines is 1. The Morgan fingerprint density at radius 3 is 2.23 bits per heavy atom. The number of likely N-dealkylation sites (N-methyl/N-ethyl adjacent to an activating group) is 1. The quantitative estimate of drug-likeness (QED) is 0.512. The van der Waals surface area contributed by atoms with Crippen LogP contribution in [0.4, 0.5) is 5.69 Å². The summed E-state index contributed by atoms with van der Waals surface area (Å²) in [6.07, 6.45) is 0. The van der Waals surface area contributed by atoms with E-state index in [9.17, 15) is 13.2 Å². The zero-order valence-electron chi connectivity index (χ0n) is 17.7. The predicted octanol–water partition coefficient (Wildman–Crippen LogP) is 4.81. The smallest absolute Gasteiger partial charge is 0.264 e. The molecular weight excluding hydrogens is 432 g/mol. The minimum atomic E-state index is -3.97. The first-order chi connectivity index (χ1) is 14.7. The summed E-state index contributed by atoms with van der Waals surface area (Å²) in [5.41, 5.74) is 3.19. The molecule has 0 heterocycles. The summed E-state index contributed by atoms with van der Waals surface area (Å²) in [6.45, 7) is 3.84. The highest BCUT2D eigenvalue weighted by atomic mass is 35.5. The molecule has 7 heteroatoms. The highest BCUT2D eigenvalue weighted by molar-refractivity contribution is 7.92. The maximum Gasteiger partial charge on any atom is 0.264 e. The van der Waals surface area contributed by atoms with Gasteiger partial charge in [-0.05, 0) is 49.2 Å². The minimum Gasteiger partial charge on any atom is -0.340 e. The van der Waals surface area contributed by atoms with E-state index in [0.29, 0.717) is 22.8 Å². The van der Waals surface area contributed by atoms with Gasteiger partial charge in [-0.15, -0.1) is 0 Å². The first-order valence-electron chi connectivity index (χ1n) is 9.82. The molecule has 0 aliphatic heterocycles. The predicted molar refractivity (Wildman–Crippen MR) is 125 cm³/mol. The monoisotopic (exact) mass is 456 g/mol. The summed E-state index contributed by atoms with van der Waals surface area (Å²) in [5.74, 6) is -0.320. The molecular formula is C24H25ClN2O3S. The molecule has 162 valence electrons. The Kier molecular flexibility index (Phi) is 7.03. The van der Waals surface area contributed by atoms with Crippen LogP contribution in [-0.4, -0.2) is 32.8 Å². The van der Waals surface area contributed by atoms with Crippen molar-refractivity contribution in [3.05, 3.63) is 94.5 Å².